The minimum Gasteiger partial charge on any atom is -0.348 e. The smallest absolute Gasteiger partial charge is 0.277 e. The van der Waals surface area contributed by atoms with E-state index in [4.69, 9.17) is 0 Å². The number of carbonyl (C=O) groups is 1. The Morgan fingerprint density at radius 2 is 1.47 bits per heavy atom. The Kier molecular flexibility index (Phi) is 5.52. The first kappa shape index (κ1) is 19.3. The highest BCUT2D eigenvalue weighted by Crippen LogP contribution is 2.31. The number of hydrogen-bond donors (Lipinski definition) is 2. The molecule has 4 aromatic rings. The number of nitrogens with one attached hydrogen (secondary N) is 2. The van der Waals surface area contributed by atoms with Crippen molar-refractivity contribution in [2.45, 2.75) is 13.5 Å². The van der Waals surface area contributed by atoms with Gasteiger partial charge in [0.1, 0.15) is 5.56 Å². The molecule has 0 aliphatic heterocycles. The van der Waals surface area contributed by atoms with Gasteiger partial charge >= 0.3 is 0 Å². The average Bonchev–Trinajstić information content (AvgIpc) is 2.79. The van der Waals surface area contributed by atoms with E-state index in [0.717, 1.165) is 22.3 Å². The normalized spacial score (nSPS) is 10.6. The van der Waals surface area contributed by atoms with Crippen LogP contribution in [0.3, 0.4) is 0 Å². The monoisotopic (exact) mass is 395 g/mol. The lowest BCUT2D eigenvalue weighted by Crippen LogP contribution is -2.31. The van der Waals surface area contributed by atoms with Gasteiger partial charge in [-0.15, -0.1) is 0 Å². The molecule has 5 heteroatoms. The summed E-state index contributed by atoms with van der Waals surface area (Å²) in [6.45, 7) is 2.34. The Labute approximate surface area is 174 Å². The van der Waals surface area contributed by atoms with Crippen molar-refractivity contribution < 1.29 is 4.79 Å². The van der Waals surface area contributed by atoms with Crippen LogP contribution in [0.2, 0.25) is 0 Å². The van der Waals surface area contributed by atoms with Gasteiger partial charge < -0.3 is 5.32 Å². The molecule has 0 saturated carbocycles. The van der Waals surface area contributed by atoms with Crippen LogP contribution < -0.4 is 10.9 Å². The molecule has 0 atom stereocenters. The Morgan fingerprint density at radius 3 is 2.10 bits per heavy atom. The second-order valence-corrected chi connectivity index (χ2v) is 7.05. The number of nitrogens with zero attached hydrogens (tertiary/aromatic N) is 1. The third-order valence-corrected chi connectivity index (χ3v) is 4.89. The van der Waals surface area contributed by atoms with E-state index in [0.29, 0.717) is 17.8 Å². The molecule has 0 aliphatic rings. The molecule has 1 aromatic heterocycles. The Hall–Kier alpha value is -3.99. The van der Waals surface area contributed by atoms with Gasteiger partial charge in [0, 0.05) is 17.7 Å². The van der Waals surface area contributed by atoms with E-state index >= 15 is 0 Å². The number of carbonyl (C=O) groups excluding carboxylic acids is 1. The van der Waals surface area contributed by atoms with Crippen LogP contribution in [-0.2, 0) is 6.54 Å². The van der Waals surface area contributed by atoms with Crippen LogP contribution in [0, 0.1) is 6.92 Å². The summed E-state index contributed by atoms with van der Waals surface area (Å²) < 4.78 is 0. The van der Waals surface area contributed by atoms with Gasteiger partial charge in [-0.2, -0.15) is 5.10 Å². The molecule has 5 nitrogen and oxygen atoms in total. The summed E-state index contributed by atoms with van der Waals surface area (Å²) in [5.74, 6) is -0.435. The molecule has 4 rings (SSSR count). The fourth-order valence-corrected chi connectivity index (χ4v) is 3.33. The van der Waals surface area contributed by atoms with Gasteiger partial charge in [0.05, 0.1) is 5.69 Å². The Morgan fingerprint density at radius 1 is 0.867 bits per heavy atom. The first-order valence-corrected chi connectivity index (χ1v) is 9.71. The minimum absolute atomic E-state index is 0.0576. The van der Waals surface area contributed by atoms with Gasteiger partial charge in [-0.25, -0.2) is 5.10 Å². The molecule has 0 fully saturated rings. The molecular formula is C25H21N3O2. The lowest BCUT2D eigenvalue weighted by Gasteiger charge is -2.14. The molecule has 148 valence electrons. The second-order valence-electron chi connectivity index (χ2n) is 7.05. The molecule has 30 heavy (non-hydrogen) atoms. The summed E-state index contributed by atoms with van der Waals surface area (Å²) in [4.78, 5) is 25.8. The second kappa shape index (κ2) is 8.57. The number of rotatable bonds is 5. The van der Waals surface area contributed by atoms with E-state index in [9.17, 15) is 9.59 Å². The van der Waals surface area contributed by atoms with Crippen molar-refractivity contribution >= 4 is 5.91 Å². The van der Waals surface area contributed by atoms with Crippen LogP contribution in [0.1, 0.15) is 21.5 Å². The van der Waals surface area contributed by atoms with Crippen molar-refractivity contribution in [2.24, 2.45) is 0 Å². The highest BCUT2D eigenvalue weighted by molar-refractivity contribution is 6.03. The van der Waals surface area contributed by atoms with Crippen LogP contribution in [0.5, 0.6) is 0 Å². The molecule has 0 aliphatic carbocycles. The molecule has 0 saturated heterocycles. The predicted molar refractivity (Wildman–Crippen MR) is 118 cm³/mol. The van der Waals surface area contributed by atoms with Gasteiger partial charge in [0.25, 0.3) is 11.5 Å². The molecule has 0 unspecified atom stereocenters. The SMILES string of the molecule is Cc1ccc(CNC(=O)c2c(-c3ccccc3)c(-c3ccccc3)n[nH]c2=O)cc1. The van der Waals surface area contributed by atoms with Gasteiger partial charge in [-0.3, -0.25) is 9.59 Å². The zero-order valence-corrected chi connectivity index (χ0v) is 16.6. The molecule has 0 bridgehead atoms. The number of benzene rings is 3. The number of amides is 1. The molecule has 3 aromatic carbocycles. The minimum atomic E-state index is -0.519. The van der Waals surface area contributed by atoms with Crippen molar-refractivity contribution in [1.82, 2.24) is 15.5 Å². The number of aromatic amines is 1. The van der Waals surface area contributed by atoms with Crippen molar-refractivity contribution in [3.63, 3.8) is 0 Å². The first-order chi connectivity index (χ1) is 14.6. The molecule has 2 N–H and O–H groups in total. The zero-order valence-electron chi connectivity index (χ0n) is 16.6. The van der Waals surface area contributed by atoms with Gasteiger partial charge in [-0.05, 0) is 18.1 Å². The fourth-order valence-electron chi connectivity index (χ4n) is 3.33. The first-order valence-electron chi connectivity index (χ1n) is 9.71. The summed E-state index contributed by atoms with van der Waals surface area (Å²) in [5.41, 5.74) is 4.31. The van der Waals surface area contributed by atoms with E-state index in [2.05, 4.69) is 15.5 Å². The van der Waals surface area contributed by atoms with Crippen LogP contribution in [-0.4, -0.2) is 16.1 Å². The Balaban J connectivity index is 1.79. The fraction of sp³-hybridized carbons (Fsp3) is 0.0800. The van der Waals surface area contributed by atoms with Gasteiger partial charge in [0.15, 0.2) is 0 Å². The highest BCUT2D eigenvalue weighted by atomic mass is 16.2. The maximum Gasteiger partial charge on any atom is 0.277 e. The van der Waals surface area contributed by atoms with Crippen LogP contribution in [0.25, 0.3) is 22.4 Å². The van der Waals surface area contributed by atoms with Crippen LogP contribution >= 0.6 is 0 Å². The van der Waals surface area contributed by atoms with Gasteiger partial charge in [-0.1, -0.05) is 90.5 Å². The molecular weight excluding hydrogens is 374 g/mol. The maximum absolute atomic E-state index is 13.1. The molecule has 1 amide bonds. The van der Waals surface area contributed by atoms with Crippen molar-refractivity contribution in [2.75, 3.05) is 0 Å². The van der Waals surface area contributed by atoms with E-state index in [-0.39, 0.29) is 5.56 Å². The van der Waals surface area contributed by atoms with E-state index < -0.39 is 11.5 Å². The lowest BCUT2D eigenvalue weighted by atomic mass is 9.95. The summed E-state index contributed by atoms with van der Waals surface area (Å²) in [7, 11) is 0. The van der Waals surface area contributed by atoms with Crippen molar-refractivity contribution in [3.8, 4) is 22.4 Å². The summed E-state index contributed by atoms with van der Waals surface area (Å²) in [5, 5.41) is 9.65. The standard InChI is InChI=1S/C25H21N3O2/c1-17-12-14-18(15-13-17)16-26-24(29)22-21(19-8-4-2-5-9-19)23(27-28-25(22)30)20-10-6-3-7-11-20/h2-15H,16H2,1H3,(H,26,29)(H,28,30). The van der Waals surface area contributed by atoms with E-state index in [1.807, 2.05) is 91.9 Å². The number of aromatic nitrogens is 2. The quantitative estimate of drug-likeness (QED) is 0.528. The van der Waals surface area contributed by atoms with E-state index in [1.165, 1.54) is 0 Å². The zero-order chi connectivity index (χ0) is 20.9. The predicted octanol–water partition coefficient (Wildman–Crippen LogP) is 4.34. The number of H-pyrrole nitrogens is 1. The lowest BCUT2D eigenvalue weighted by molar-refractivity contribution is 0.0950. The summed E-state index contributed by atoms with van der Waals surface area (Å²) >= 11 is 0. The number of hydrogen-bond acceptors (Lipinski definition) is 3. The van der Waals surface area contributed by atoms with Gasteiger partial charge in [0.2, 0.25) is 0 Å². The molecule has 0 radical (unpaired) electrons. The topological polar surface area (TPSA) is 74.8 Å². The summed E-state index contributed by atoms with van der Waals surface area (Å²) in [6.07, 6.45) is 0. The molecule has 1 heterocycles. The third-order valence-electron chi connectivity index (χ3n) is 4.89. The summed E-state index contributed by atoms with van der Waals surface area (Å²) in [6, 6.07) is 26.8. The maximum atomic E-state index is 13.1. The van der Waals surface area contributed by atoms with Crippen LogP contribution in [0.4, 0.5) is 0 Å². The highest BCUT2D eigenvalue weighted by Gasteiger charge is 2.22. The van der Waals surface area contributed by atoms with Crippen LogP contribution in [0.15, 0.2) is 89.7 Å². The Bertz CT molecular complexity index is 1210. The van der Waals surface area contributed by atoms with Crippen molar-refractivity contribution in [1.29, 1.82) is 0 Å². The van der Waals surface area contributed by atoms with E-state index in [1.54, 1.807) is 0 Å². The van der Waals surface area contributed by atoms with Crippen molar-refractivity contribution in [3.05, 3.63) is 112 Å². The number of aryl methyl sites for hydroxylation is 1. The average molecular weight is 395 g/mol. The third kappa shape index (κ3) is 4.05. The largest absolute Gasteiger partial charge is 0.348 e. The molecule has 0 spiro atoms.